The molecule has 1 aliphatic rings. The molecule has 2 aromatic heterocycles. The Morgan fingerprint density at radius 1 is 0.957 bits per heavy atom. The summed E-state index contributed by atoms with van der Waals surface area (Å²) in [4.78, 5) is 27.5. The number of aromatic nitrogens is 3. The zero-order valence-corrected chi connectivity index (χ0v) is 25.0. The van der Waals surface area contributed by atoms with Crippen LogP contribution in [0.25, 0.3) is 10.3 Å². The number of nitrogens with zero attached hydrogens (tertiary/aromatic N) is 5. The van der Waals surface area contributed by atoms with Gasteiger partial charge in [-0.05, 0) is 42.0 Å². The molecule has 1 atom stereocenters. The van der Waals surface area contributed by atoms with E-state index in [1.807, 2.05) is 0 Å². The van der Waals surface area contributed by atoms with E-state index in [0.29, 0.717) is 21.0 Å². The van der Waals surface area contributed by atoms with Gasteiger partial charge >= 0.3 is 18.7 Å². The molecule has 1 fully saturated rings. The highest BCUT2D eigenvalue weighted by molar-refractivity contribution is 7.89. The Morgan fingerprint density at radius 2 is 1.57 bits per heavy atom. The first-order valence-electron chi connectivity index (χ1n) is 13.0. The topological polar surface area (TPSA) is 136 Å². The summed E-state index contributed by atoms with van der Waals surface area (Å²) in [5.41, 5.74) is 0.714. The van der Waals surface area contributed by atoms with E-state index >= 15 is 0 Å². The molecule has 12 nitrogen and oxygen atoms in total. The average molecular weight is 693 g/mol. The van der Waals surface area contributed by atoms with Crippen LogP contribution in [-0.2, 0) is 21.4 Å². The number of alkyl halides is 6. The molecular formula is C26H22F6N6O6S2. The summed E-state index contributed by atoms with van der Waals surface area (Å²) in [6.07, 6.45) is -8.36. The van der Waals surface area contributed by atoms with Gasteiger partial charge in [0.15, 0.2) is 10.8 Å². The lowest BCUT2D eigenvalue weighted by Crippen LogP contribution is -2.60. The maximum Gasteiger partial charge on any atom is 0.573 e. The second kappa shape index (κ2) is 12.8. The Bertz CT molecular complexity index is 1800. The quantitative estimate of drug-likeness (QED) is 0.256. The summed E-state index contributed by atoms with van der Waals surface area (Å²) < 4.78 is 117. The first-order chi connectivity index (χ1) is 21.6. The van der Waals surface area contributed by atoms with Gasteiger partial charge in [-0.2, -0.15) is 14.3 Å². The standard InChI is InChI=1S/C26H22F6N6O6S2/c1-42-23-34-13-20-21(35-23)36-24(45-20)37-10-11-38(46(40,41)18-8-6-17(7-9-18)44-26(30,31)32)19(14-37)22(39)33-12-15-2-4-16(5-3-15)43-25(27,28)29/h2-9,13,19H,10-12,14H2,1H3,(H,33,39)/t19-/m1/s1. The lowest BCUT2D eigenvalue weighted by molar-refractivity contribution is -0.275. The zero-order valence-electron chi connectivity index (χ0n) is 23.4. The molecule has 0 spiro atoms. The molecule has 1 saturated heterocycles. The van der Waals surface area contributed by atoms with E-state index in [9.17, 15) is 39.6 Å². The van der Waals surface area contributed by atoms with Crippen LogP contribution < -0.4 is 24.4 Å². The second-order valence-electron chi connectivity index (χ2n) is 9.55. The van der Waals surface area contributed by atoms with Gasteiger partial charge in [0.2, 0.25) is 15.9 Å². The molecule has 20 heteroatoms. The van der Waals surface area contributed by atoms with E-state index in [2.05, 4.69) is 29.7 Å². The average Bonchev–Trinajstić information content (AvgIpc) is 3.42. The number of amides is 1. The fourth-order valence-corrected chi connectivity index (χ4v) is 6.93. The third-order valence-corrected chi connectivity index (χ3v) is 9.45. The summed E-state index contributed by atoms with van der Waals surface area (Å²) in [6, 6.07) is 6.99. The van der Waals surface area contributed by atoms with Crippen molar-refractivity contribution in [2.45, 2.75) is 30.2 Å². The Labute approximate surface area is 260 Å². The van der Waals surface area contributed by atoms with Crippen molar-refractivity contribution in [3.63, 3.8) is 0 Å². The van der Waals surface area contributed by atoms with Gasteiger partial charge < -0.3 is 24.4 Å². The van der Waals surface area contributed by atoms with Crippen LogP contribution in [0, 0.1) is 0 Å². The highest BCUT2D eigenvalue weighted by Crippen LogP contribution is 2.32. The zero-order chi connectivity index (χ0) is 33.3. The van der Waals surface area contributed by atoms with Gasteiger partial charge in [-0.15, -0.1) is 26.3 Å². The third kappa shape index (κ3) is 7.85. The van der Waals surface area contributed by atoms with E-state index in [4.69, 9.17) is 4.74 Å². The van der Waals surface area contributed by atoms with Crippen molar-refractivity contribution < 1.29 is 53.8 Å². The van der Waals surface area contributed by atoms with Crippen molar-refractivity contribution in [3.05, 3.63) is 60.3 Å². The van der Waals surface area contributed by atoms with E-state index in [0.717, 1.165) is 40.7 Å². The van der Waals surface area contributed by atoms with Crippen molar-refractivity contribution in [1.29, 1.82) is 0 Å². The fraction of sp³-hybridized carbons (Fsp3) is 0.308. The van der Waals surface area contributed by atoms with Crippen molar-refractivity contribution >= 4 is 42.7 Å². The molecule has 246 valence electrons. The van der Waals surface area contributed by atoms with Crippen molar-refractivity contribution in [1.82, 2.24) is 24.6 Å². The normalized spacial score (nSPS) is 16.3. The van der Waals surface area contributed by atoms with E-state index in [1.165, 1.54) is 36.8 Å². The monoisotopic (exact) mass is 692 g/mol. The van der Waals surface area contributed by atoms with Crippen LogP contribution in [0.1, 0.15) is 5.56 Å². The number of piperazine rings is 1. The van der Waals surface area contributed by atoms with Crippen molar-refractivity contribution in [2.24, 2.45) is 0 Å². The molecule has 0 unspecified atom stereocenters. The van der Waals surface area contributed by atoms with Crippen LogP contribution in [-0.4, -0.2) is 79.1 Å². The van der Waals surface area contributed by atoms with Gasteiger partial charge in [-0.1, -0.05) is 23.5 Å². The van der Waals surface area contributed by atoms with Crippen LogP contribution >= 0.6 is 11.3 Å². The van der Waals surface area contributed by atoms with Gasteiger partial charge in [0, 0.05) is 26.2 Å². The molecule has 5 rings (SSSR count). The predicted octanol–water partition coefficient (Wildman–Crippen LogP) is 4.09. The summed E-state index contributed by atoms with van der Waals surface area (Å²) in [5.74, 6) is -1.84. The Balaban J connectivity index is 1.39. The first kappa shape index (κ1) is 32.9. The number of anilines is 1. The van der Waals surface area contributed by atoms with Crippen LogP contribution in [0.4, 0.5) is 31.5 Å². The minimum absolute atomic E-state index is 0.0853. The van der Waals surface area contributed by atoms with Gasteiger partial charge in [-0.25, -0.2) is 13.4 Å². The molecule has 0 radical (unpaired) electrons. The van der Waals surface area contributed by atoms with E-state index < -0.39 is 46.2 Å². The van der Waals surface area contributed by atoms with E-state index in [-0.39, 0.29) is 37.1 Å². The highest BCUT2D eigenvalue weighted by Gasteiger charge is 2.41. The number of carbonyl (C=O) groups is 1. The molecule has 1 aliphatic heterocycles. The summed E-state index contributed by atoms with van der Waals surface area (Å²) in [6.45, 7) is -0.475. The predicted molar refractivity (Wildman–Crippen MR) is 150 cm³/mol. The maximum absolute atomic E-state index is 13.7. The number of hydrogen-bond donors (Lipinski definition) is 1. The smallest absolute Gasteiger partial charge is 0.467 e. The number of ether oxygens (including phenoxy) is 3. The van der Waals surface area contributed by atoms with Crippen LogP contribution in [0.15, 0.2) is 59.6 Å². The van der Waals surface area contributed by atoms with E-state index in [1.54, 1.807) is 4.90 Å². The SMILES string of the molecule is COc1ncc2sc(N3CCN(S(=O)(=O)c4ccc(OC(F)(F)F)cc4)[C@@H](C(=O)NCc4ccc(OC(F)(F)F)cc4)C3)nc2n1. The Kier molecular flexibility index (Phi) is 9.14. The molecule has 46 heavy (non-hydrogen) atoms. The lowest BCUT2D eigenvalue weighted by atomic mass is 10.1. The number of hydrogen-bond acceptors (Lipinski definition) is 11. The number of rotatable bonds is 9. The number of methoxy groups -OCH3 is 1. The second-order valence-corrected chi connectivity index (χ2v) is 12.4. The molecule has 1 amide bonds. The maximum atomic E-state index is 13.7. The van der Waals surface area contributed by atoms with Crippen molar-refractivity contribution in [2.75, 3.05) is 31.6 Å². The molecule has 1 N–H and O–H groups in total. The van der Waals surface area contributed by atoms with Gasteiger partial charge in [0.25, 0.3) is 0 Å². The molecule has 0 saturated carbocycles. The Morgan fingerprint density at radius 3 is 2.15 bits per heavy atom. The number of halogens is 6. The number of carbonyl (C=O) groups excluding carboxylic acids is 1. The number of benzene rings is 2. The lowest BCUT2D eigenvalue weighted by Gasteiger charge is -2.39. The van der Waals surface area contributed by atoms with Gasteiger partial charge in [0.1, 0.15) is 17.5 Å². The minimum atomic E-state index is -4.98. The number of thiazole rings is 1. The Hall–Kier alpha value is -4.43. The largest absolute Gasteiger partial charge is 0.573 e. The number of fused-ring (bicyclic) bond motifs is 1. The minimum Gasteiger partial charge on any atom is -0.467 e. The van der Waals surface area contributed by atoms with Gasteiger partial charge in [-0.3, -0.25) is 4.79 Å². The highest BCUT2D eigenvalue weighted by atomic mass is 32.2. The van der Waals surface area contributed by atoms with Gasteiger partial charge in [0.05, 0.1) is 22.9 Å². The van der Waals surface area contributed by atoms with Crippen molar-refractivity contribution in [3.8, 4) is 17.5 Å². The molecule has 4 aromatic rings. The first-order valence-corrected chi connectivity index (χ1v) is 15.3. The molecular weight excluding hydrogens is 670 g/mol. The summed E-state index contributed by atoms with van der Waals surface area (Å²) in [5, 5.41) is 3.02. The molecule has 0 bridgehead atoms. The van der Waals surface area contributed by atoms with Crippen LogP contribution in [0.5, 0.6) is 17.5 Å². The molecule has 2 aromatic carbocycles. The van der Waals surface area contributed by atoms with Crippen LogP contribution in [0.2, 0.25) is 0 Å². The number of nitrogens with one attached hydrogen (secondary N) is 1. The summed E-state index contributed by atoms with van der Waals surface area (Å²) >= 11 is 1.20. The van der Waals surface area contributed by atoms with Crippen LogP contribution in [0.3, 0.4) is 0 Å². The number of sulfonamides is 1. The molecule has 3 heterocycles. The fourth-order valence-electron chi connectivity index (χ4n) is 4.45. The summed E-state index contributed by atoms with van der Waals surface area (Å²) in [7, 11) is -3.04. The third-order valence-electron chi connectivity index (χ3n) is 6.49. The molecule has 0 aliphatic carbocycles.